The van der Waals surface area contributed by atoms with Gasteiger partial charge in [-0.2, -0.15) is 0 Å². The zero-order chi connectivity index (χ0) is 28.0. The molecule has 11 heteroatoms. The summed E-state index contributed by atoms with van der Waals surface area (Å²) >= 11 is 0. The first kappa shape index (κ1) is 27.3. The number of carbonyl (C=O) groups excluding carboxylic acids is 2. The third-order valence-electron chi connectivity index (χ3n) is 7.50. The summed E-state index contributed by atoms with van der Waals surface area (Å²) in [5, 5.41) is 6.10. The van der Waals surface area contributed by atoms with Gasteiger partial charge in [0, 0.05) is 40.8 Å². The van der Waals surface area contributed by atoms with Crippen molar-refractivity contribution in [2.75, 3.05) is 13.4 Å². The first-order valence-electron chi connectivity index (χ1n) is 12.7. The highest BCUT2D eigenvalue weighted by atomic mass is 32.2. The topological polar surface area (TPSA) is 124 Å². The minimum Gasteiger partial charge on any atom is -0.496 e. The Bertz CT molecular complexity index is 1460. The van der Waals surface area contributed by atoms with Gasteiger partial charge in [-0.3, -0.25) is 13.8 Å². The zero-order valence-corrected chi connectivity index (χ0v) is 22.6. The van der Waals surface area contributed by atoms with Crippen LogP contribution in [0.2, 0.25) is 0 Å². The van der Waals surface area contributed by atoms with E-state index in [4.69, 9.17) is 14.9 Å². The molecule has 1 heterocycles. The molecule has 0 radical (unpaired) electrons. The highest BCUT2D eigenvalue weighted by molar-refractivity contribution is 7.83. The molecule has 8 nitrogen and oxygen atoms in total. The van der Waals surface area contributed by atoms with E-state index in [2.05, 4.69) is 10.6 Å². The van der Waals surface area contributed by atoms with E-state index in [1.54, 1.807) is 31.6 Å². The Morgan fingerprint density at radius 3 is 2.31 bits per heavy atom. The first-order valence-corrected chi connectivity index (χ1v) is 14.5. The smallest absolute Gasteiger partial charge is 0.287 e. The summed E-state index contributed by atoms with van der Waals surface area (Å²) in [6, 6.07) is 12.6. The Kier molecular flexibility index (Phi) is 7.00. The Morgan fingerprint density at radius 1 is 1.00 bits per heavy atom. The van der Waals surface area contributed by atoms with Crippen molar-refractivity contribution < 1.29 is 31.7 Å². The number of nitrogens with one attached hydrogen (secondary N) is 2. The van der Waals surface area contributed by atoms with Crippen LogP contribution in [0.5, 0.6) is 5.75 Å². The highest BCUT2D eigenvalue weighted by Gasteiger charge is 2.52. The lowest BCUT2D eigenvalue weighted by Gasteiger charge is -2.39. The van der Waals surface area contributed by atoms with Gasteiger partial charge in [0.15, 0.2) is 5.76 Å². The number of fused-ring (bicyclic) bond motifs is 1. The van der Waals surface area contributed by atoms with Crippen molar-refractivity contribution in [3.63, 3.8) is 0 Å². The minimum atomic E-state index is -2.89. The van der Waals surface area contributed by atoms with Crippen molar-refractivity contribution in [1.29, 1.82) is 0 Å². The second-order valence-corrected chi connectivity index (χ2v) is 12.0. The summed E-state index contributed by atoms with van der Waals surface area (Å²) in [7, 11) is 0.539. The predicted molar refractivity (Wildman–Crippen MR) is 144 cm³/mol. The number of hydrogen-bond acceptors (Lipinski definition) is 6. The molecule has 2 amide bonds. The molecule has 0 saturated heterocycles. The minimum absolute atomic E-state index is 0.0288. The van der Waals surface area contributed by atoms with Crippen molar-refractivity contribution in [1.82, 2.24) is 10.6 Å². The summed E-state index contributed by atoms with van der Waals surface area (Å²) in [6.07, 6.45) is 1.37. The third-order valence-corrected chi connectivity index (χ3v) is 8.21. The molecule has 3 aromatic rings. The third kappa shape index (κ3) is 5.84. The monoisotopic (exact) mass is 559 g/mol. The van der Waals surface area contributed by atoms with E-state index in [0.29, 0.717) is 35.3 Å². The van der Waals surface area contributed by atoms with E-state index in [9.17, 15) is 22.6 Å². The van der Waals surface area contributed by atoms with Gasteiger partial charge in [0.05, 0.1) is 18.5 Å². The van der Waals surface area contributed by atoms with E-state index >= 15 is 0 Å². The number of alkyl halides is 2. The van der Waals surface area contributed by atoms with Crippen LogP contribution < -0.4 is 21.1 Å². The standard InChI is InChI=1S/C28H31F2N3O5S/c1-37-21-13-17(4-6-20(21)16-39(2)36)18-3-5-19-15-23(38-22(19)14-18)24(34)32-26(7-9-27(29,30)10-8-26)25(35)33-28(31)11-12-28/h3-6,13-15H,7-12,16,31H2,1-2H3,(H,32,34)(H,33,35). The summed E-state index contributed by atoms with van der Waals surface area (Å²) in [5.41, 5.74) is 6.63. The predicted octanol–water partition coefficient (Wildman–Crippen LogP) is 4.23. The molecule has 1 aromatic heterocycles. The number of ether oxygens (including phenoxy) is 1. The molecular formula is C28H31F2N3O5S. The van der Waals surface area contributed by atoms with Gasteiger partial charge in [0.1, 0.15) is 16.9 Å². The number of halogens is 2. The van der Waals surface area contributed by atoms with Gasteiger partial charge >= 0.3 is 0 Å². The van der Waals surface area contributed by atoms with Crippen LogP contribution in [0.25, 0.3) is 22.1 Å². The van der Waals surface area contributed by atoms with Crippen LogP contribution in [0.3, 0.4) is 0 Å². The van der Waals surface area contributed by atoms with Gasteiger partial charge < -0.3 is 25.5 Å². The number of amides is 2. The maximum atomic E-state index is 14.0. The summed E-state index contributed by atoms with van der Waals surface area (Å²) < 4.78 is 50.9. The summed E-state index contributed by atoms with van der Waals surface area (Å²) in [4.78, 5) is 26.4. The van der Waals surface area contributed by atoms with E-state index in [1.807, 2.05) is 24.3 Å². The lowest BCUT2D eigenvalue weighted by molar-refractivity contribution is -0.134. The number of methoxy groups -OCH3 is 1. The van der Waals surface area contributed by atoms with E-state index in [0.717, 1.165) is 16.7 Å². The Hall–Kier alpha value is -3.31. The number of nitrogens with two attached hydrogens (primary N) is 1. The van der Waals surface area contributed by atoms with Crippen LogP contribution in [-0.4, -0.2) is 46.5 Å². The Morgan fingerprint density at radius 2 is 1.67 bits per heavy atom. The largest absolute Gasteiger partial charge is 0.496 e. The van der Waals surface area contributed by atoms with Crippen molar-refractivity contribution in [3.05, 3.63) is 53.8 Å². The van der Waals surface area contributed by atoms with Gasteiger partial charge in [-0.15, -0.1) is 0 Å². The van der Waals surface area contributed by atoms with Crippen LogP contribution >= 0.6 is 0 Å². The molecule has 39 heavy (non-hydrogen) atoms. The number of furan rings is 1. The van der Waals surface area contributed by atoms with E-state index in [1.165, 1.54) is 0 Å². The molecule has 1 atom stereocenters. The Labute approximate surface area is 227 Å². The van der Waals surface area contributed by atoms with Gasteiger partial charge in [-0.25, -0.2) is 8.78 Å². The van der Waals surface area contributed by atoms with Crippen LogP contribution in [0.4, 0.5) is 8.78 Å². The molecule has 0 bridgehead atoms. The molecule has 0 spiro atoms. The summed E-state index contributed by atoms with van der Waals surface area (Å²) in [6.45, 7) is 0. The van der Waals surface area contributed by atoms with Gasteiger partial charge in [-0.1, -0.05) is 24.3 Å². The molecule has 0 aliphatic heterocycles. The van der Waals surface area contributed by atoms with Crippen molar-refractivity contribution >= 4 is 33.6 Å². The molecular weight excluding hydrogens is 528 g/mol. The van der Waals surface area contributed by atoms with Crippen molar-refractivity contribution in [2.24, 2.45) is 5.73 Å². The normalized spacial score (nSPS) is 19.7. The Balaban J connectivity index is 1.39. The van der Waals surface area contributed by atoms with Crippen molar-refractivity contribution in [2.45, 2.75) is 61.4 Å². The molecule has 4 N–H and O–H groups in total. The van der Waals surface area contributed by atoms with E-state index < -0.39 is 52.6 Å². The highest BCUT2D eigenvalue weighted by Crippen LogP contribution is 2.40. The van der Waals surface area contributed by atoms with Gasteiger partial charge in [-0.05, 0) is 55.0 Å². The first-order chi connectivity index (χ1) is 18.4. The van der Waals surface area contributed by atoms with Crippen LogP contribution in [0.1, 0.15) is 54.6 Å². The van der Waals surface area contributed by atoms with Crippen LogP contribution in [-0.2, 0) is 21.3 Å². The van der Waals surface area contributed by atoms with Gasteiger partial charge in [0.25, 0.3) is 5.91 Å². The number of rotatable bonds is 8. The molecule has 5 rings (SSSR count). The quantitative estimate of drug-likeness (QED) is 0.355. The maximum Gasteiger partial charge on any atom is 0.287 e. The molecule has 2 aliphatic rings. The molecule has 2 aliphatic carbocycles. The molecule has 2 saturated carbocycles. The average Bonchev–Trinajstić information content (AvgIpc) is 3.45. The summed E-state index contributed by atoms with van der Waals surface area (Å²) in [5.74, 6) is -3.13. The lowest BCUT2D eigenvalue weighted by Crippen LogP contribution is -2.64. The molecule has 2 aromatic carbocycles. The number of hydrogen-bond donors (Lipinski definition) is 3. The fourth-order valence-corrected chi connectivity index (χ4v) is 5.60. The lowest BCUT2D eigenvalue weighted by atomic mass is 9.78. The second kappa shape index (κ2) is 10.0. The molecule has 2 fully saturated rings. The van der Waals surface area contributed by atoms with Gasteiger partial charge in [0.2, 0.25) is 11.8 Å². The number of carbonyl (C=O) groups is 2. The van der Waals surface area contributed by atoms with Crippen molar-refractivity contribution in [3.8, 4) is 16.9 Å². The average molecular weight is 560 g/mol. The number of benzene rings is 2. The maximum absolute atomic E-state index is 14.0. The zero-order valence-electron chi connectivity index (χ0n) is 21.8. The molecule has 208 valence electrons. The SMILES string of the molecule is COc1cc(-c2ccc3cc(C(=O)NC4(C(=O)NC5(N)CC5)CCC(F)(F)CC4)oc3c2)ccc1CS(C)=O. The molecule has 1 unspecified atom stereocenters. The van der Waals surface area contributed by atoms with Crippen LogP contribution in [0, 0.1) is 0 Å². The fourth-order valence-electron chi connectivity index (χ4n) is 4.92. The van der Waals surface area contributed by atoms with E-state index in [-0.39, 0.29) is 18.6 Å². The fraction of sp³-hybridized carbons (Fsp3) is 0.429. The van der Waals surface area contributed by atoms with Crippen LogP contribution in [0.15, 0.2) is 46.9 Å². The second-order valence-electron chi connectivity index (χ2n) is 10.6.